The van der Waals surface area contributed by atoms with Crippen molar-refractivity contribution < 1.29 is 29.0 Å². The number of hydrogen-bond acceptors (Lipinski definition) is 6. The first-order valence-electron chi connectivity index (χ1n) is 10.3. The van der Waals surface area contributed by atoms with Gasteiger partial charge < -0.3 is 19.5 Å². The van der Waals surface area contributed by atoms with Gasteiger partial charge in [-0.3, -0.25) is 14.4 Å². The minimum Gasteiger partial charge on any atom is -0.507 e. The first-order valence-corrected chi connectivity index (χ1v) is 10.7. The Morgan fingerprint density at radius 2 is 1.81 bits per heavy atom. The summed E-state index contributed by atoms with van der Waals surface area (Å²) in [7, 11) is 0. The number of ketones is 1. The van der Waals surface area contributed by atoms with E-state index in [0.717, 1.165) is 0 Å². The van der Waals surface area contributed by atoms with Crippen molar-refractivity contribution in [2.75, 3.05) is 13.2 Å². The smallest absolute Gasteiger partial charge is 0.308 e. The molecule has 3 rings (SSSR count). The molecule has 2 aromatic carbocycles. The quantitative estimate of drug-likeness (QED) is 0.216. The highest BCUT2D eigenvalue weighted by atomic mass is 35.5. The SMILES string of the molecule is CCCN1C(=O)C(=O)/C(=C(\O)c2ccc(Cl)c(OCC)c2)C1c1ccc(OC(C)=O)cc1. The van der Waals surface area contributed by atoms with Gasteiger partial charge in [0.1, 0.15) is 17.3 Å². The van der Waals surface area contributed by atoms with Gasteiger partial charge >= 0.3 is 5.97 Å². The Balaban J connectivity index is 2.12. The summed E-state index contributed by atoms with van der Waals surface area (Å²) in [6.45, 7) is 5.71. The van der Waals surface area contributed by atoms with Gasteiger partial charge in [-0.25, -0.2) is 0 Å². The molecule has 0 aliphatic carbocycles. The molecule has 7 nitrogen and oxygen atoms in total. The topological polar surface area (TPSA) is 93.1 Å². The summed E-state index contributed by atoms with van der Waals surface area (Å²) in [4.78, 5) is 38.4. The molecule has 0 saturated carbocycles. The van der Waals surface area contributed by atoms with Crippen molar-refractivity contribution in [3.8, 4) is 11.5 Å². The Labute approximate surface area is 191 Å². The number of ether oxygens (including phenoxy) is 2. The molecule has 1 unspecified atom stereocenters. The van der Waals surface area contributed by atoms with E-state index >= 15 is 0 Å². The first-order chi connectivity index (χ1) is 15.3. The summed E-state index contributed by atoms with van der Waals surface area (Å²) >= 11 is 6.14. The number of hydrogen-bond donors (Lipinski definition) is 1. The van der Waals surface area contributed by atoms with Crippen molar-refractivity contribution in [1.82, 2.24) is 4.90 Å². The van der Waals surface area contributed by atoms with E-state index in [4.69, 9.17) is 21.1 Å². The zero-order valence-electron chi connectivity index (χ0n) is 18.1. The first kappa shape index (κ1) is 23.3. The molecule has 0 radical (unpaired) electrons. The van der Waals surface area contributed by atoms with Crippen LogP contribution in [0.25, 0.3) is 5.76 Å². The summed E-state index contributed by atoms with van der Waals surface area (Å²) in [5, 5.41) is 11.5. The fraction of sp³-hybridized carbons (Fsp3) is 0.292. The van der Waals surface area contributed by atoms with Crippen LogP contribution in [0.4, 0.5) is 0 Å². The van der Waals surface area contributed by atoms with Gasteiger partial charge in [-0.05, 0) is 49.2 Å². The molecule has 1 atom stereocenters. The number of carbonyl (C=O) groups is 3. The molecule has 1 amide bonds. The molecule has 0 aromatic heterocycles. The summed E-state index contributed by atoms with van der Waals surface area (Å²) in [5.41, 5.74) is 0.899. The minimum atomic E-state index is -0.785. The van der Waals surface area contributed by atoms with Gasteiger partial charge in [0.05, 0.1) is 23.2 Å². The maximum absolute atomic E-state index is 12.9. The number of carbonyl (C=O) groups excluding carboxylic acids is 3. The molecule has 1 saturated heterocycles. The number of amides is 1. The van der Waals surface area contributed by atoms with E-state index in [9.17, 15) is 19.5 Å². The molecular formula is C24H24ClNO6. The number of rotatable bonds is 7. The zero-order valence-corrected chi connectivity index (χ0v) is 18.8. The van der Waals surface area contributed by atoms with Crippen LogP contribution in [0.15, 0.2) is 48.0 Å². The molecule has 32 heavy (non-hydrogen) atoms. The molecule has 1 N–H and O–H groups in total. The fourth-order valence-electron chi connectivity index (χ4n) is 3.65. The summed E-state index contributed by atoms with van der Waals surface area (Å²) in [6.07, 6.45) is 0.629. The lowest BCUT2D eigenvalue weighted by atomic mass is 9.95. The summed E-state index contributed by atoms with van der Waals surface area (Å²) < 4.78 is 10.5. The van der Waals surface area contributed by atoms with Crippen LogP contribution in [0.1, 0.15) is 44.4 Å². The second-order valence-corrected chi connectivity index (χ2v) is 7.64. The van der Waals surface area contributed by atoms with Gasteiger partial charge in [-0.2, -0.15) is 0 Å². The second-order valence-electron chi connectivity index (χ2n) is 7.23. The third kappa shape index (κ3) is 4.62. The van der Waals surface area contributed by atoms with Crippen LogP contribution in [0.2, 0.25) is 5.02 Å². The lowest BCUT2D eigenvalue weighted by Gasteiger charge is -2.25. The molecule has 1 fully saturated rings. The molecule has 0 bridgehead atoms. The molecule has 8 heteroatoms. The zero-order chi connectivity index (χ0) is 23.4. The monoisotopic (exact) mass is 457 g/mol. The lowest BCUT2D eigenvalue weighted by Crippen LogP contribution is -2.30. The number of esters is 1. The Kier molecular flexibility index (Phi) is 7.20. The lowest BCUT2D eigenvalue weighted by molar-refractivity contribution is -0.139. The predicted molar refractivity (Wildman–Crippen MR) is 120 cm³/mol. The number of aliphatic hydroxyl groups excluding tert-OH is 1. The second kappa shape index (κ2) is 9.87. The molecule has 168 valence electrons. The van der Waals surface area contributed by atoms with E-state index < -0.39 is 23.7 Å². The Morgan fingerprint density at radius 1 is 1.12 bits per heavy atom. The standard InChI is InChI=1S/C24H24ClNO6/c1-4-12-26-21(15-6-9-17(10-7-15)32-14(3)27)20(23(29)24(26)30)22(28)16-8-11-18(25)19(13-16)31-5-2/h6-11,13,21,28H,4-5,12H2,1-3H3/b22-20-. The van der Waals surface area contributed by atoms with Crippen molar-refractivity contribution in [2.45, 2.75) is 33.2 Å². The van der Waals surface area contributed by atoms with Crippen molar-refractivity contribution in [2.24, 2.45) is 0 Å². The van der Waals surface area contributed by atoms with Crippen LogP contribution in [-0.4, -0.2) is 40.8 Å². The van der Waals surface area contributed by atoms with Crippen molar-refractivity contribution >= 4 is 35.0 Å². The van der Waals surface area contributed by atoms with Crippen molar-refractivity contribution in [1.29, 1.82) is 0 Å². The van der Waals surface area contributed by atoms with Crippen LogP contribution < -0.4 is 9.47 Å². The average molecular weight is 458 g/mol. The summed E-state index contributed by atoms with van der Waals surface area (Å²) in [6, 6.07) is 10.4. The van der Waals surface area contributed by atoms with Crippen LogP contribution in [0.5, 0.6) is 11.5 Å². The maximum atomic E-state index is 12.9. The Bertz CT molecular complexity index is 1080. The third-order valence-corrected chi connectivity index (χ3v) is 5.28. The van der Waals surface area contributed by atoms with Gasteiger partial charge in [0.2, 0.25) is 0 Å². The normalized spacial score (nSPS) is 17.5. The van der Waals surface area contributed by atoms with E-state index in [1.54, 1.807) is 43.3 Å². The number of halogens is 1. The fourth-order valence-corrected chi connectivity index (χ4v) is 3.83. The largest absolute Gasteiger partial charge is 0.507 e. The van der Waals surface area contributed by atoms with Crippen molar-refractivity contribution in [3.63, 3.8) is 0 Å². The maximum Gasteiger partial charge on any atom is 0.308 e. The number of nitrogens with zero attached hydrogens (tertiary/aromatic N) is 1. The Morgan fingerprint density at radius 3 is 2.41 bits per heavy atom. The molecule has 1 aliphatic heterocycles. The summed E-state index contributed by atoms with van der Waals surface area (Å²) in [5.74, 6) is -1.51. The number of likely N-dealkylation sites (tertiary alicyclic amines) is 1. The van der Waals surface area contributed by atoms with Gasteiger partial charge in [-0.1, -0.05) is 30.7 Å². The third-order valence-electron chi connectivity index (χ3n) is 4.97. The van der Waals surface area contributed by atoms with Crippen LogP contribution >= 0.6 is 11.6 Å². The van der Waals surface area contributed by atoms with Gasteiger partial charge in [0, 0.05) is 19.0 Å². The van der Waals surface area contributed by atoms with E-state index in [1.807, 2.05) is 6.92 Å². The van der Waals surface area contributed by atoms with E-state index in [2.05, 4.69) is 0 Å². The molecule has 0 spiro atoms. The highest BCUT2D eigenvalue weighted by Gasteiger charge is 2.45. The van der Waals surface area contributed by atoms with Crippen LogP contribution in [0.3, 0.4) is 0 Å². The van der Waals surface area contributed by atoms with Gasteiger partial charge in [0.15, 0.2) is 0 Å². The molecule has 2 aromatic rings. The van der Waals surface area contributed by atoms with E-state index in [1.165, 1.54) is 17.9 Å². The highest BCUT2D eigenvalue weighted by Crippen LogP contribution is 2.40. The Hall–Kier alpha value is -3.32. The average Bonchev–Trinajstić information content (AvgIpc) is 3.00. The van der Waals surface area contributed by atoms with Crippen LogP contribution in [0, 0.1) is 0 Å². The molecule has 1 heterocycles. The highest BCUT2D eigenvalue weighted by molar-refractivity contribution is 6.46. The van der Waals surface area contributed by atoms with E-state index in [-0.39, 0.29) is 11.3 Å². The molecular weight excluding hydrogens is 434 g/mol. The predicted octanol–water partition coefficient (Wildman–Crippen LogP) is 4.50. The number of Topliss-reactive ketones (excluding diaryl/α,β-unsaturated/α-hetero) is 1. The molecule has 1 aliphatic rings. The van der Waals surface area contributed by atoms with Crippen molar-refractivity contribution in [3.05, 3.63) is 64.2 Å². The van der Waals surface area contributed by atoms with Gasteiger partial charge in [0.25, 0.3) is 11.7 Å². The minimum absolute atomic E-state index is 0.0199. The van der Waals surface area contributed by atoms with Gasteiger partial charge in [-0.15, -0.1) is 0 Å². The van der Waals surface area contributed by atoms with E-state index in [0.29, 0.717) is 47.2 Å². The van der Waals surface area contributed by atoms with Crippen LogP contribution in [-0.2, 0) is 14.4 Å². The number of benzene rings is 2. The number of aliphatic hydroxyl groups is 1.